The van der Waals surface area contributed by atoms with Gasteiger partial charge in [-0.15, -0.1) is 11.3 Å². The highest BCUT2D eigenvalue weighted by Crippen LogP contribution is 3.06. The molecular weight excluding hydrogens is 564 g/mol. The first-order valence-corrected chi connectivity index (χ1v) is 17.0. The van der Waals surface area contributed by atoms with E-state index in [0.29, 0.717) is 46.8 Å². The molecule has 1 N–H and O–H groups in total. The number of aromatic nitrogens is 1. The number of carbonyl (C=O) groups excluding carboxylic acids is 4. The Balaban J connectivity index is 1.14. The van der Waals surface area contributed by atoms with Gasteiger partial charge in [0.1, 0.15) is 16.5 Å². The van der Waals surface area contributed by atoms with Crippen LogP contribution in [0.4, 0.5) is 0 Å². The molecule has 1 aromatic rings. The number of thiazole rings is 1. The van der Waals surface area contributed by atoms with Gasteiger partial charge in [0, 0.05) is 44.2 Å². The van der Waals surface area contributed by atoms with Crippen molar-refractivity contribution in [2.75, 3.05) is 27.7 Å². The minimum Gasteiger partial charge on any atom is -0.455 e. The summed E-state index contributed by atoms with van der Waals surface area (Å²) in [4.78, 5) is 60.5. The molecule has 9 nitrogen and oxygen atoms in total. The fourth-order valence-electron chi connectivity index (χ4n) is 10.5. The first kappa shape index (κ1) is 30.7. The Labute approximate surface area is 259 Å². The number of hydrogen-bond donors (Lipinski definition) is 1. The van der Waals surface area contributed by atoms with Crippen LogP contribution in [-0.2, 0) is 19.1 Å². The van der Waals surface area contributed by atoms with Gasteiger partial charge in [-0.25, -0.2) is 4.98 Å². The minimum absolute atomic E-state index is 0.0276. The molecule has 7 rings (SSSR count). The van der Waals surface area contributed by atoms with Crippen molar-refractivity contribution < 1.29 is 23.9 Å². The Morgan fingerprint density at radius 1 is 1.05 bits per heavy atom. The molecule has 6 aliphatic rings. The summed E-state index contributed by atoms with van der Waals surface area (Å²) in [5.74, 6) is 3.59. The first-order valence-electron chi connectivity index (χ1n) is 16.1. The van der Waals surface area contributed by atoms with Crippen LogP contribution in [0.5, 0.6) is 0 Å². The van der Waals surface area contributed by atoms with Crippen LogP contribution in [0.2, 0.25) is 0 Å². The third-order valence-corrected chi connectivity index (χ3v) is 13.4. The van der Waals surface area contributed by atoms with Crippen molar-refractivity contribution in [2.24, 2.45) is 58.7 Å². The summed E-state index contributed by atoms with van der Waals surface area (Å²) in [5, 5.41) is 5.72. The van der Waals surface area contributed by atoms with Crippen molar-refractivity contribution in [1.29, 1.82) is 0 Å². The Bertz CT molecular complexity index is 1280. The van der Waals surface area contributed by atoms with Crippen molar-refractivity contribution in [3.05, 3.63) is 16.1 Å². The van der Waals surface area contributed by atoms with Crippen LogP contribution in [0.25, 0.3) is 0 Å². The fraction of sp³-hybridized carbons (Fsp3) is 0.788. The maximum atomic E-state index is 13.9. The standard InChI is InChI=1S/C33H48N4O5S/c1-10-16(4)19(11-18(39)13-36(7)8)31(41)37(9)21(15(2)3)12-22(42-17(5)38)30-34-20(14-43-30)29(40)35-33-26-23-27(33)25-28(33)24(26)32(23,25)6/h14-16,19,21-28H,10-13H2,1-9H3,(H,35,40)/t16-,19-,21+,22+,23?,24?,25?,26?,27?,28?,32?,33?/m0/s1. The third-order valence-electron chi connectivity index (χ3n) is 12.5. The number of ether oxygens (including phenoxy) is 1. The highest BCUT2D eigenvalue weighted by atomic mass is 32.1. The van der Waals surface area contributed by atoms with E-state index in [4.69, 9.17) is 4.74 Å². The molecule has 2 amide bonds. The molecule has 6 saturated carbocycles. The van der Waals surface area contributed by atoms with E-state index in [1.165, 1.54) is 18.3 Å². The van der Waals surface area contributed by atoms with E-state index in [1.54, 1.807) is 17.3 Å². The number of nitrogens with one attached hydrogen (secondary N) is 1. The van der Waals surface area contributed by atoms with Crippen LogP contribution in [0, 0.1) is 58.7 Å². The predicted molar refractivity (Wildman–Crippen MR) is 163 cm³/mol. The summed E-state index contributed by atoms with van der Waals surface area (Å²) in [6, 6.07) is -0.263. The molecule has 6 fully saturated rings. The Kier molecular flexibility index (Phi) is 7.39. The average Bonchev–Trinajstić information content (AvgIpc) is 3.44. The lowest BCUT2D eigenvalue weighted by Gasteiger charge is -3.11. The summed E-state index contributed by atoms with van der Waals surface area (Å²) in [6.07, 6.45) is 0.654. The number of rotatable bonds is 15. The zero-order chi connectivity index (χ0) is 31.3. The number of esters is 1. The number of nitrogens with zero attached hydrogens (tertiary/aromatic N) is 3. The molecule has 1 aromatic heterocycles. The van der Waals surface area contributed by atoms with Crippen molar-refractivity contribution in [3.63, 3.8) is 0 Å². The van der Waals surface area contributed by atoms with E-state index in [1.807, 2.05) is 46.7 Å². The van der Waals surface area contributed by atoms with Gasteiger partial charge >= 0.3 is 5.97 Å². The highest BCUT2D eigenvalue weighted by Gasteiger charge is 3.09. The lowest BCUT2D eigenvalue weighted by atomic mass is 8.94. The van der Waals surface area contributed by atoms with E-state index in [2.05, 4.69) is 17.2 Å². The molecule has 6 aliphatic carbocycles. The van der Waals surface area contributed by atoms with Crippen LogP contribution in [-0.4, -0.2) is 77.6 Å². The molecule has 0 aliphatic heterocycles. The molecule has 0 bridgehead atoms. The van der Waals surface area contributed by atoms with Gasteiger partial charge in [0.2, 0.25) is 5.91 Å². The van der Waals surface area contributed by atoms with Gasteiger partial charge in [0.15, 0.2) is 6.10 Å². The number of ketones is 1. The summed E-state index contributed by atoms with van der Waals surface area (Å²) in [6.45, 7) is 12.3. The molecule has 43 heavy (non-hydrogen) atoms. The summed E-state index contributed by atoms with van der Waals surface area (Å²) in [7, 11) is 5.49. The molecule has 4 atom stereocenters. The van der Waals surface area contributed by atoms with Crippen LogP contribution in [0.15, 0.2) is 5.38 Å². The topological polar surface area (TPSA) is 109 Å². The van der Waals surface area contributed by atoms with Crippen LogP contribution < -0.4 is 5.32 Å². The SMILES string of the molecule is CC[C@H](C)[C@H](CC(=O)CN(C)C)C(=O)N(C)[C@H](C[C@@H](OC(C)=O)c1nc(C(=O)NC23C4C5C2C2C3C4C52C)cs1)C(C)C. The number of hydrogen-bond acceptors (Lipinski definition) is 8. The summed E-state index contributed by atoms with van der Waals surface area (Å²) < 4.78 is 5.78. The maximum Gasteiger partial charge on any atom is 0.303 e. The highest BCUT2D eigenvalue weighted by molar-refractivity contribution is 7.09. The van der Waals surface area contributed by atoms with Crippen molar-refractivity contribution in [1.82, 2.24) is 20.1 Å². The smallest absolute Gasteiger partial charge is 0.303 e. The van der Waals surface area contributed by atoms with Gasteiger partial charge in [-0.1, -0.05) is 41.0 Å². The van der Waals surface area contributed by atoms with E-state index in [9.17, 15) is 19.2 Å². The number of carbonyl (C=O) groups is 4. The second-order valence-electron chi connectivity index (χ2n) is 15.0. The average molecular weight is 613 g/mol. The van der Waals surface area contributed by atoms with Gasteiger partial charge in [0.25, 0.3) is 5.91 Å². The number of Topliss-reactive ketones (excluding diaryl/α,β-unsaturated/α-hetero) is 1. The molecule has 0 radical (unpaired) electrons. The Morgan fingerprint density at radius 2 is 1.65 bits per heavy atom. The van der Waals surface area contributed by atoms with Crippen molar-refractivity contribution in [3.8, 4) is 0 Å². The van der Waals surface area contributed by atoms with Gasteiger partial charge in [0.05, 0.1) is 12.1 Å². The maximum absolute atomic E-state index is 13.9. The summed E-state index contributed by atoms with van der Waals surface area (Å²) in [5.41, 5.74) is 0.994. The minimum atomic E-state index is -0.688. The normalized spacial score (nSPS) is 36.1. The monoisotopic (exact) mass is 612 g/mol. The molecule has 0 spiro atoms. The third kappa shape index (κ3) is 4.07. The van der Waals surface area contributed by atoms with E-state index in [0.717, 1.165) is 24.2 Å². The Morgan fingerprint density at radius 3 is 2.16 bits per heavy atom. The number of likely N-dealkylation sites (N-methyl/N-ethyl adjacent to an activating group) is 1. The van der Waals surface area contributed by atoms with Gasteiger partial charge in [-0.2, -0.15) is 0 Å². The second kappa shape index (κ2) is 10.4. The zero-order valence-corrected chi connectivity index (χ0v) is 27.9. The molecule has 0 aromatic carbocycles. The zero-order valence-electron chi connectivity index (χ0n) is 27.0. The van der Waals surface area contributed by atoms with Crippen molar-refractivity contribution in [2.45, 2.75) is 78.5 Å². The van der Waals surface area contributed by atoms with Crippen LogP contribution in [0.1, 0.15) is 82.4 Å². The van der Waals surface area contributed by atoms with E-state index < -0.39 is 18.0 Å². The molecule has 236 valence electrons. The fourth-order valence-corrected chi connectivity index (χ4v) is 11.4. The molecule has 10 heteroatoms. The molecule has 1 heterocycles. The number of amides is 2. The van der Waals surface area contributed by atoms with Gasteiger partial charge in [-0.3, -0.25) is 19.2 Å². The van der Waals surface area contributed by atoms with Crippen molar-refractivity contribution >= 4 is 34.9 Å². The quantitative estimate of drug-likeness (QED) is 0.298. The van der Waals surface area contributed by atoms with E-state index in [-0.39, 0.29) is 47.4 Å². The lowest BCUT2D eigenvalue weighted by Crippen LogP contribution is -3.14. The van der Waals surface area contributed by atoms with Crippen LogP contribution >= 0.6 is 11.3 Å². The summed E-state index contributed by atoms with van der Waals surface area (Å²) >= 11 is 1.32. The second-order valence-corrected chi connectivity index (χ2v) is 15.9. The van der Waals surface area contributed by atoms with Gasteiger partial charge < -0.3 is 19.9 Å². The van der Waals surface area contributed by atoms with E-state index >= 15 is 0 Å². The molecule has 0 saturated heterocycles. The molecular formula is C33H48N4O5S. The lowest BCUT2D eigenvalue weighted by molar-refractivity contribution is -0.620. The van der Waals surface area contributed by atoms with Crippen LogP contribution in [0.3, 0.4) is 0 Å². The van der Waals surface area contributed by atoms with Gasteiger partial charge in [-0.05, 0) is 66.9 Å². The largest absolute Gasteiger partial charge is 0.455 e. The molecule has 0 unspecified atom stereocenters. The predicted octanol–water partition coefficient (Wildman–Crippen LogP) is 4.04. The first-order chi connectivity index (χ1) is 20.2. The Hall–Kier alpha value is -2.33.